The van der Waals surface area contributed by atoms with Crippen LogP contribution in [0.5, 0.6) is 5.88 Å². The zero-order valence-electron chi connectivity index (χ0n) is 14.8. The number of hydrogen-bond acceptors (Lipinski definition) is 6. The molecule has 4 aromatic rings. The second-order valence-electron chi connectivity index (χ2n) is 5.94. The van der Waals surface area contributed by atoms with E-state index in [4.69, 9.17) is 10.00 Å². The van der Waals surface area contributed by atoms with Crippen molar-refractivity contribution in [1.29, 1.82) is 5.26 Å². The van der Waals surface area contributed by atoms with Crippen molar-refractivity contribution in [2.24, 2.45) is 0 Å². The number of fused-ring (bicyclic) bond motifs is 1. The Morgan fingerprint density at radius 2 is 1.86 bits per heavy atom. The van der Waals surface area contributed by atoms with Gasteiger partial charge in [0.05, 0.1) is 30.1 Å². The summed E-state index contributed by atoms with van der Waals surface area (Å²) in [6, 6.07) is 9.31. The quantitative estimate of drug-likeness (QED) is 0.524. The van der Waals surface area contributed by atoms with Gasteiger partial charge in [0.2, 0.25) is 5.88 Å². The first-order valence-electron chi connectivity index (χ1n) is 8.23. The molecule has 7 nitrogen and oxygen atoms in total. The highest BCUT2D eigenvalue weighted by molar-refractivity contribution is 5.79. The monoisotopic (exact) mass is 396 g/mol. The summed E-state index contributed by atoms with van der Waals surface area (Å²) in [6.45, 7) is 0. The van der Waals surface area contributed by atoms with E-state index in [0.29, 0.717) is 22.8 Å². The first kappa shape index (κ1) is 18.4. The highest BCUT2D eigenvalue weighted by Crippen LogP contribution is 2.33. The number of hydrogen-bond donors (Lipinski definition) is 0. The molecule has 0 aromatic carbocycles. The molecule has 4 heterocycles. The summed E-state index contributed by atoms with van der Waals surface area (Å²) < 4.78 is 45.9. The fourth-order valence-corrected chi connectivity index (χ4v) is 2.75. The number of pyridine rings is 3. The molecule has 4 aromatic heterocycles. The number of alkyl halides is 3. The Morgan fingerprint density at radius 1 is 1.03 bits per heavy atom. The summed E-state index contributed by atoms with van der Waals surface area (Å²) in [5.41, 5.74) is 0.595. The van der Waals surface area contributed by atoms with Gasteiger partial charge in [0.25, 0.3) is 0 Å². The van der Waals surface area contributed by atoms with Crippen LogP contribution in [0.2, 0.25) is 0 Å². The Hall–Kier alpha value is -4.00. The smallest absolute Gasteiger partial charge is 0.417 e. The molecule has 0 unspecified atom stereocenters. The number of halogens is 3. The Balaban J connectivity index is 1.97. The van der Waals surface area contributed by atoms with Crippen LogP contribution in [0, 0.1) is 11.3 Å². The Bertz CT molecular complexity index is 1220. The van der Waals surface area contributed by atoms with Crippen molar-refractivity contribution in [3.63, 3.8) is 0 Å². The van der Waals surface area contributed by atoms with Gasteiger partial charge in [-0.15, -0.1) is 0 Å². The van der Waals surface area contributed by atoms with Crippen LogP contribution >= 0.6 is 0 Å². The molecule has 0 aliphatic heterocycles. The average molecular weight is 396 g/mol. The lowest BCUT2D eigenvalue weighted by atomic mass is 10.2. The molecule has 0 amide bonds. The highest BCUT2D eigenvalue weighted by Gasteiger charge is 2.32. The third kappa shape index (κ3) is 3.34. The molecule has 0 radical (unpaired) electrons. The molecule has 144 valence electrons. The van der Waals surface area contributed by atoms with Crippen LogP contribution in [0.1, 0.15) is 11.1 Å². The summed E-state index contributed by atoms with van der Waals surface area (Å²) in [6.07, 6.45) is -0.931. The van der Waals surface area contributed by atoms with E-state index < -0.39 is 11.7 Å². The third-order valence-corrected chi connectivity index (χ3v) is 4.13. The molecular weight excluding hydrogens is 385 g/mol. The largest absolute Gasteiger partial charge is 0.481 e. The summed E-state index contributed by atoms with van der Waals surface area (Å²) in [5, 5.41) is 8.95. The number of nitrogens with zero attached hydrogens (tertiary/aromatic N) is 6. The molecule has 0 aliphatic rings. The van der Waals surface area contributed by atoms with Gasteiger partial charge in [0.1, 0.15) is 17.3 Å². The molecule has 10 heteroatoms. The van der Waals surface area contributed by atoms with Crippen LogP contribution in [-0.2, 0) is 6.18 Å². The zero-order chi connectivity index (χ0) is 20.6. The van der Waals surface area contributed by atoms with E-state index in [-0.39, 0.29) is 17.0 Å². The molecule has 0 bridgehead atoms. The molecule has 29 heavy (non-hydrogen) atoms. The van der Waals surface area contributed by atoms with E-state index in [0.717, 1.165) is 12.3 Å². The number of ether oxygens (including phenoxy) is 1. The zero-order valence-corrected chi connectivity index (χ0v) is 14.8. The molecule has 0 N–H and O–H groups in total. The molecule has 0 fully saturated rings. The summed E-state index contributed by atoms with van der Waals surface area (Å²) in [5.74, 6) is 0.645. The van der Waals surface area contributed by atoms with E-state index >= 15 is 0 Å². The van der Waals surface area contributed by atoms with Crippen LogP contribution in [0.25, 0.3) is 28.4 Å². The van der Waals surface area contributed by atoms with Gasteiger partial charge in [-0.2, -0.15) is 18.4 Å². The number of imidazole rings is 1. The second-order valence-corrected chi connectivity index (χ2v) is 5.94. The van der Waals surface area contributed by atoms with Gasteiger partial charge < -0.3 is 4.74 Å². The number of methoxy groups -OCH3 is 1. The van der Waals surface area contributed by atoms with Crippen LogP contribution in [0.4, 0.5) is 13.2 Å². The minimum absolute atomic E-state index is 0.0526. The average Bonchev–Trinajstić information content (AvgIpc) is 3.12. The SMILES string of the molecule is COc1ccc(-n2c(-c3ccc(C#N)cn3)nc3cc(C(F)(F)F)cnc32)cn1. The van der Waals surface area contributed by atoms with Crippen molar-refractivity contribution in [3.05, 3.63) is 60.0 Å². The number of rotatable bonds is 3. The predicted octanol–water partition coefficient (Wildman–Crippen LogP) is 3.78. The second kappa shape index (κ2) is 6.87. The standard InChI is InChI=1S/C19H11F3N6O/c1-29-16-5-3-13(10-25-16)28-17-15(6-12(9-26-17)19(20,21)22)27-18(28)14-4-2-11(7-23)8-24-14/h2-6,8-10H,1H3. The summed E-state index contributed by atoms with van der Waals surface area (Å²) >= 11 is 0. The van der Waals surface area contributed by atoms with E-state index in [9.17, 15) is 13.2 Å². The van der Waals surface area contributed by atoms with E-state index in [1.807, 2.05) is 6.07 Å². The maximum absolute atomic E-state index is 13.1. The molecule has 0 saturated carbocycles. The predicted molar refractivity (Wildman–Crippen MR) is 96.2 cm³/mol. The van der Waals surface area contributed by atoms with E-state index in [1.165, 1.54) is 19.5 Å². The molecule has 0 saturated heterocycles. The van der Waals surface area contributed by atoms with Crippen LogP contribution < -0.4 is 4.74 Å². The van der Waals surface area contributed by atoms with Crippen LogP contribution in [-0.4, -0.2) is 31.6 Å². The van der Waals surface area contributed by atoms with Crippen molar-refractivity contribution in [2.45, 2.75) is 6.18 Å². The maximum atomic E-state index is 13.1. The van der Waals surface area contributed by atoms with Crippen molar-refractivity contribution in [1.82, 2.24) is 24.5 Å². The molecule has 0 atom stereocenters. The van der Waals surface area contributed by atoms with Gasteiger partial charge in [-0.3, -0.25) is 9.55 Å². The Morgan fingerprint density at radius 3 is 2.45 bits per heavy atom. The normalized spacial score (nSPS) is 11.4. The fraction of sp³-hybridized carbons (Fsp3) is 0.105. The first-order chi connectivity index (χ1) is 13.9. The van der Waals surface area contributed by atoms with Gasteiger partial charge in [-0.1, -0.05) is 0 Å². The lowest BCUT2D eigenvalue weighted by Crippen LogP contribution is -2.06. The fourth-order valence-electron chi connectivity index (χ4n) is 2.75. The minimum atomic E-state index is -4.54. The summed E-state index contributed by atoms with van der Waals surface area (Å²) in [4.78, 5) is 16.7. The minimum Gasteiger partial charge on any atom is -0.481 e. The number of aromatic nitrogens is 5. The van der Waals surface area contributed by atoms with Gasteiger partial charge in [-0.25, -0.2) is 15.0 Å². The van der Waals surface area contributed by atoms with E-state index in [1.54, 1.807) is 28.8 Å². The van der Waals surface area contributed by atoms with Crippen molar-refractivity contribution in [3.8, 4) is 29.2 Å². The van der Waals surface area contributed by atoms with Crippen molar-refractivity contribution in [2.75, 3.05) is 7.11 Å². The Labute approximate surface area is 162 Å². The van der Waals surface area contributed by atoms with Crippen molar-refractivity contribution < 1.29 is 17.9 Å². The summed E-state index contributed by atoms with van der Waals surface area (Å²) in [7, 11) is 1.47. The van der Waals surface area contributed by atoms with Crippen LogP contribution in [0.3, 0.4) is 0 Å². The highest BCUT2D eigenvalue weighted by atomic mass is 19.4. The molecular formula is C19H11F3N6O. The van der Waals surface area contributed by atoms with Gasteiger partial charge in [-0.05, 0) is 24.3 Å². The lowest BCUT2D eigenvalue weighted by Gasteiger charge is -2.09. The van der Waals surface area contributed by atoms with Gasteiger partial charge in [0, 0.05) is 18.5 Å². The van der Waals surface area contributed by atoms with Gasteiger partial charge in [0.15, 0.2) is 11.5 Å². The first-order valence-corrected chi connectivity index (χ1v) is 8.23. The van der Waals surface area contributed by atoms with E-state index in [2.05, 4.69) is 19.9 Å². The third-order valence-electron chi connectivity index (χ3n) is 4.13. The molecule has 0 aliphatic carbocycles. The maximum Gasteiger partial charge on any atom is 0.417 e. The lowest BCUT2D eigenvalue weighted by molar-refractivity contribution is -0.137. The topological polar surface area (TPSA) is 89.5 Å². The molecule has 0 spiro atoms. The Kier molecular flexibility index (Phi) is 4.35. The van der Waals surface area contributed by atoms with Crippen LogP contribution in [0.15, 0.2) is 48.9 Å². The number of nitriles is 1. The van der Waals surface area contributed by atoms with Gasteiger partial charge >= 0.3 is 6.18 Å². The molecule has 4 rings (SSSR count). The van der Waals surface area contributed by atoms with Crippen molar-refractivity contribution >= 4 is 11.2 Å².